The minimum absolute atomic E-state index is 0.236. The Balaban J connectivity index is 3.41. The topological polar surface area (TPSA) is 43.4 Å². The lowest BCUT2D eigenvalue weighted by atomic mass is 10.1. The lowest BCUT2D eigenvalue weighted by Gasteiger charge is -2.08. The van der Waals surface area contributed by atoms with Crippen molar-refractivity contribution < 1.29 is 14.3 Å². The van der Waals surface area contributed by atoms with E-state index in [0.717, 1.165) is 6.42 Å². The van der Waals surface area contributed by atoms with Crippen LogP contribution in [0.3, 0.4) is 0 Å². The van der Waals surface area contributed by atoms with Gasteiger partial charge in [0.2, 0.25) is 5.24 Å². The average Bonchev–Trinajstić information content (AvgIpc) is 2.13. The fraction of sp³-hybridized carbons (Fsp3) is 0.800. The van der Waals surface area contributed by atoms with Crippen LogP contribution in [-0.2, 0) is 14.3 Å². The molecule has 0 amide bonds. The van der Waals surface area contributed by atoms with Crippen LogP contribution < -0.4 is 0 Å². The van der Waals surface area contributed by atoms with Crippen molar-refractivity contribution in [2.45, 2.75) is 39.5 Å². The maximum atomic E-state index is 11.1. The molecular formula is C10H17ClO3. The van der Waals surface area contributed by atoms with E-state index in [0.29, 0.717) is 18.9 Å². The average molecular weight is 221 g/mol. The van der Waals surface area contributed by atoms with Gasteiger partial charge in [-0.05, 0) is 23.9 Å². The van der Waals surface area contributed by atoms with Gasteiger partial charge in [-0.1, -0.05) is 20.3 Å². The van der Waals surface area contributed by atoms with Crippen LogP contribution in [0.4, 0.5) is 0 Å². The second-order valence-electron chi connectivity index (χ2n) is 3.41. The zero-order valence-electron chi connectivity index (χ0n) is 8.72. The van der Waals surface area contributed by atoms with Gasteiger partial charge in [0.25, 0.3) is 0 Å². The third-order valence-corrected chi connectivity index (χ3v) is 2.17. The molecular weight excluding hydrogens is 204 g/mol. The molecule has 0 aromatic rings. The molecule has 14 heavy (non-hydrogen) atoms. The van der Waals surface area contributed by atoms with Gasteiger partial charge in [0, 0.05) is 12.8 Å². The minimum Gasteiger partial charge on any atom is -0.465 e. The van der Waals surface area contributed by atoms with Gasteiger partial charge in [0.15, 0.2) is 0 Å². The van der Waals surface area contributed by atoms with Gasteiger partial charge in [0.1, 0.15) is 0 Å². The zero-order valence-corrected chi connectivity index (χ0v) is 9.47. The fourth-order valence-electron chi connectivity index (χ4n) is 0.797. The van der Waals surface area contributed by atoms with Gasteiger partial charge in [-0.25, -0.2) is 0 Å². The van der Waals surface area contributed by atoms with Gasteiger partial charge >= 0.3 is 5.97 Å². The number of hydrogen-bond donors (Lipinski definition) is 0. The summed E-state index contributed by atoms with van der Waals surface area (Å²) in [5.74, 6) is 0.150. The molecule has 3 nitrogen and oxygen atoms in total. The number of carbonyl (C=O) groups excluding carboxylic acids is 2. The van der Waals surface area contributed by atoms with E-state index in [-0.39, 0.29) is 18.8 Å². The standard InChI is InChI=1S/C10H17ClO3/c1-3-8(2)7-14-10(13)6-4-5-9(11)12/h8H,3-7H2,1-2H3. The Morgan fingerprint density at radius 2 is 2.00 bits per heavy atom. The van der Waals surface area contributed by atoms with E-state index in [1.807, 2.05) is 13.8 Å². The SMILES string of the molecule is CCC(C)COC(=O)CCCC(=O)Cl. The molecule has 0 saturated carbocycles. The third-order valence-electron chi connectivity index (χ3n) is 1.98. The molecule has 0 aliphatic heterocycles. The summed E-state index contributed by atoms with van der Waals surface area (Å²) in [6.07, 6.45) is 1.98. The molecule has 0 aliphatic carbocycles. The molecule has 4 heteroatoms. The first-order valence-corrected chi connectivity index (χ1v) is 5.28. The van der Waals surface area contributed by atoms with Crippen LogP contribution in [0.25, 0.3) is 0 Å². The molecule has 0 radical (unpaired) electrons. The molecule has 1 unspecified atom stereocenters. The highest BCUT2D eigenvalue weighted by Gasteiger charge is 2.06. The Labute approximate surface area is 89.8 Å². The van der Waals surface area contributed by atoms with E-state index in [4.69, 9.17) is 16.3 Å². The van der Waals surface area contributed by atoms with E-state index >= 15 is 0 Å². The maximum absolute atomic E-state index is 11.1. The highest BCUT2D eigenvalue weighted by Crippen LogP contribution is 2.04. The number of carbonyl (C=O) groups is 2. The third kappa shape index (κ3) is 8.05. The fourth-order valence-corrected chi connectivity index (χ4v) is 0.931. The number of ether oxygens (including phenoxy) is 1. The molecule has 0 N–H and O–H groups in total. The predicted molar refractivity (Wildman–Crippen MR) is 55.1 cm³/mol. The molecule has 1 atom stereocenters. The van der Waals surface area contributed by atoms with Crippen LogP contribution in [0.5, 0.6) is 0 Å². The summed E-state index contributed by atoms with van der Waals surface area (Å²) in [5, 5.41) is -0.403. The minimum atomic E-state index is -0.403. The van der Waals surface area contributed by atoms with Gasteiger partial charge in [-0.3, -0.25) is 9.59 Å². The quantitative estimate of drug-likeness (QED) is 0.489. The number of esters is 1. The summed E-state index contributed by atoms with van der Waals surface area (Å²) in [4.78, 5) is 21.4. The van der Waals surface area contributed by atoms with Crippen LogP contribution in [0.15, 0.2) is 0 Å². The van der Waals surface area contributed by atoms with Crippen LogP contribution in [0, 0.1) is 5.92 Å². The maximum Gasteiger partial charge on any atom is 0.305 e. The van der Waals surface area contributed by atoms with Crippen molar-refractivity contribution in [2.24, 2.45) is 5.92 Å². The van der Waals surface area contributed by atoms with E-state index in [9.17, 15) is 9.59 Å². The summed E-state index contributed by atoms with van der Waals surface area (Å²) in [6.45, 7) is 4.53. The Morgan fingerprint density at radius 1 is 1.36 bits per heavy atom. The van der Waals surface area contributed by atoms with Gasteiger partial charge in [0.05, 0.1) is 6.61 Å². The summed E-state index contributed by atoms with van der Waals surface area (Å²) in [6, 6.07) is 0. The van der Waals surface area contributed by atoms with Crippen molar-refractivity contribution in [3.05, 3.63) is 0 Å². The Hall–Kier alpha value is -0.570. The van der Waals surface area contributed by atoms with Crippen molar-refractivity contribution in [1.29, 1.82) is 0 Å². The smallest absolute Gasteiger partial charge is 0.305 e. The molecule has 0 heterocycles. The van der Waals surface area contributed by atoms with Crippen molar-refractivity contribution in [3.63, 3.8) is 0 Å². The molecule has 82 valence electrons. The highest BCUT2D eigenvalue weighted by molar-refractivity contribution is 6.63. The zero-order chi connectivity index (χ0) is 11.0. The predicted octanol–water partition coefficient (Wildman–Crippen LogP) is 2.51. The first kappa shape index (κ1) is 13.4. The number of rotatable bonds is 7. The van der Waals surface area contributed by atoms with E-state index in [1.54, 1.807) is 0 Å². The monoisotopic (exact) mass is 220 g/mol. The second kappa shape index (κ2) is 7.80. The van der Waals surface area contributed by atoms with Crippen LogP contribution in [0.1, 0.15) is 39.5 Å². The van der Waals surface area contributed by atoms with Gasteiger partial charge < -0.3 is 4.74 Å². The first-order valence-electron chi connectivity index (χ1n) is 4.90. The molecule has 0 bridgehead atoms. The number of halogens is 1. The molecule has 0 spiro atoms. The summed E-state index contributed by atoms with van der Waals surface area (Å²) in [5.41, 5.74) is 0. The van der Waals surface area contributed by atoms with E-state index in [1.165, 1.54) is 0 Å². The van der Waals surface area contributed by atoms with Crippen molar-refractivity contribution >= 4 is 22.8 Å². The molecule has 0 fully saturated rings. The highest BCUT2D eigenvalue weighted by atomic mass is 35.5. The molecule has 0 saturated heterocycles. The number of hydrogen-bond acceptors (Lipinski definition) is 3. The first-order chi connectivity index (χ1) is 6.56. The summed E-state index contributed by atoms with van der Waals surface area (Å²) >= 11 is 5.12. The van der Waals surface area contributed by atoms with Crippen molar-refractivity contribution in [3.8, 4) is 0 Å². The van der Waals surface area contributed by atoms with Gasteiger partial charge in [-0.15, -0.1) is 0 Å². The summed E-state index contributed by atoms with van der Waals surface area (Å²) < 4.78 is 4.98. The second-order valence-corrected chi connectivity index (χ2v) is 3.83. The van der Waals surface area contributed by atoms with Gasteiger partial charge in [-0.2, -0.15) is 0 Å². The lowest BCUT2D eigenvalue weighted by Crippen LogP contribution is -2.11. The Bertz CT molecular complexity index is 192. The largest absolute Gasteiger partial charge is 0.465 e. The van der Waals surface area contributed by atoms with E-state index < -0.39 is 5.24 Å². The van der Waals surface area contributed by atoms with Crippen LogP contribution in [0.2, 0.25) is 0 Å². The molecule has 0 aromatic heterocycles. The van der Waals surface area contributed by atoms with Crippen molar-refractivity contribution in [2.75, 3.05) is 6.61 Å². The molecule has 0 aromatic carbocycles. The van der Waals surface area contributed by atoms with Crippen LogP contribution >= 0.6 is 11.6 Å². The molecule has 0 rings (SSSR count). The lowest BCUT2D eigenvalue weighted by molar-refractivity contribution is -0.145. The molecule has 0 aliphatic rings. The Kier molecular flexibility index (Phi) is 7.48. The Morgan fingerprint density at radius 3 is 2.50 bits per heavy atom. The van der Waals surface area contributed by atoms with Crippen molar-refractivity contribution in [1.82, 2.24) is 0 Å². The normalized spacial score (nSPS) is 12.2. The van der Waals surface area contributed by atoms with Crippen LogP contribution in [-0.4, -0.2) is 17.8 Å². The summed E-state index contributed by atoms with van der Waals surface area (Å²) in [7, 11) is 0. The van der Waals surface area contributed by atoms with E-state index in [2.05, 4.69) is 0 Å².